The summed E-state index contributed by atoms with van der Waals surface area (Å²) in [5.74, 6) is 0.695. The van der Waals surface area contributed by atoms with Crippen LogP contribution in [0.5, 0.6) is 0 Å². The van der Waals surface area contributed by atoms with E-state index in [0.717, 1.165) is 43.0 Å². The number of nitrogens with one attached hydrogen (secondary N) is 1. The Labute approximate surface area is 245 Å². The first-order valence-corrected chi connectivity index (χ1v) is 14.3. The molecule has 1 aliphatic heterocycles. The Kier molecular flexibility index (Phi) is 9.29. The zero-order valence-corrected chi connectivity index (χ0v) is 25.3. The first-order valence-electron chi connectivity index (χ1n) is 14.3. The molecule has 41 heavy (non-hydrogen) atoms. The van der Waals surface area contributed by atoms with Crippen molar-refractivity contribution in [3.8, 4) is 6.07 Å². The van der Waals surface area contributed by atoms with Crippen molar-refractivity contribution < 1.29 is 4.79 Å². The van der Waals surface area contributed by atoms with Crippen LogP contribution in [0.4, 0.5) is 17.2 Å². The molecule has 1 aromatic heterocycles. The van der Waals surface area contributed by atoms with Crippen molar-refractivity contribution in [1.82, 2.24) is 20.2 Å². The van der Waals surface area contributed by atoms with E-state index in [-0.39, 0.29) is 23.7 Å². The van der Waals surface area contributed by atoms with Gasteiger partial charge in [0.25, 0.3) is 0 Å². The lowest BCUT2D eigenvalue weighted by atomic mass is 9.84. The third-order valence-electron chi connectivity index (χ3n) is 7.38. The quantitative estimate of drug-likeness (QED) is 0.391. The number of likely N-dealkylation sites (N-methyl/N-ethyl adjacent to an activating group) is 1. The number of amides is 1. The largest absolute Gasteiger partial charge is 0.369 e. The van der Waals surface area contributed by atoms with Crippen molar-refractivity contribution in [3.05, 3.63) is 77.7 Å². The van der Waals surface area contributed by atoms with Gasteiger partial charge in [-0.05, 0) is 48.7 Å². The lowest BCUT2D eigenvalue weighted by Crippen LogP contribution is -2.44. The molecule has 0 saturated carbocycles. The topological polar surface area (TPSA) is 88.4 Å². The fraction of sp³-hybridized carbons (Fsp3) is 0.455. The fourth-order valence-corrected chi connectivity index (χ4v) is 5.11. The number of nitrogens with zero attached hydrogens (tertiary/aromatic N) is 6. The van der Waals surface area contributed by atoms with E-state index in [0.29, 0.717) is 18.8 Å². The lowest BCUT2D eigenvalue weighted by Gasteiger charge is -2.34. The second-order valence-electron chi connectivity index (χ2n) is 12.8. The van der Waals surface area contributed by atoms with Gasteiger partial charge < -0.3 is 20.0 Å². The Bertz CT molecular complexity index is 1370. The van der Waals surface area contributed by atoms with Gasteiger partial charge in [0.15, 0.2) is 0 Å². The van der Waals surface area contributed by atoms with Crippen LogP contribution in [0.25, 0.3) is 0 Å². The molecule has 1 fully saturated rings. The van der Waals surface area contributed by atoms with Gasteiger partial charge in [0, 0.05) is 67.8 Å². The third kappa shape index (κ3) is 8.05. The van der Waals surface area contributed by atoms with Crippen molar-refractivity contribution in [2.24, 2.45) is 10.8 Å². The van der Waals surface area contributed by atoms with Gasteiger partial charge in [-0.3, -0.25) is 4.79 Å². The van der Waals surface area contributed by atoms with E-state index in [1.165, 1.54) is 5.69 Å². The molecule has 0 radical (unpaired) electrons. The number of aromatic nitrogens is 2. The van der Waals surface area contributed by atoms with E-state index in [9.17, 15) is 10.1 Å². The molecule has 2 aromatic carbocycles. The summed E-state index contributed by atoms with van der Waals surface area (Å²) in [6.07, 6.45) is 2.28. The minimum atomic E-state index is -0.626. The van der Waals surface area contributed by atoms with Gasteiger partial charge in [-0.2, -0.15) is 5.26 Å². The SMILES string of the molecule is CN1CCN(c2cccc(CC(C)(C)C(=O)NCc3cnc(C#N)nc3N(CC(C)(C)C)c3ccccc3)c2)CC1. The highest BCUT2D eigenvalue weighted by molar-refractivity contribution is 5.82. The molecule has 0 aliphatic carbocycles. The number of para-hydroxylation sites is 1. The predicted molar refractivity (Wildman–Crippen MR) is 165 cm³/mol. The summed E-state index contributed by atoms with van der Waals surface area (Å²) in [7, 11) is 2.16. The molecule has 0 atom stereocenters. The third-order valence-corrected chi connectivity index (χ3v) is 7.38. The fourth-order valence-electron chi connectivity index (χ4n) is 5.11. The lowest BCUT2D eigenvalue weighted by molar-refractivity contribution is -0.129. The first-order chi connectivity index (χ1) is 19.4. The minimum absolute atomic E-state index is 0.0418. The molecule has 8 nitrogen and oxygen atoms in total. The molecule has 2 heterocycles. The van der Waals surface area contributed by atoms with Crippen LogP contribution in [0.2, 0.25) is 0 Å². The predicted octanol–water partition coefficient (Wildman–Crippen LogP) is 5.17. The van der Waals surface area contributed by atoms with Crippen molar-refractivity contribution in [3.63, 3.8) is 0 Å². The Balaban J connectivity index is 1.51. The molecule has 3 aromatic rings. The van der Waals surface area contributed by atoms with Crippen LogP contribution < -0.4 is 15.1 Å². The van der Waals surface area contributed by atoms with E-state index >= 15 is 0 Å². The van der Waals surface area contributed by atoms with Crippen LogP contribution >= 0.6 is 0 Å². The molecular weight excluding hydrogens is 510 g/mol. The number of piperazine rings is 1. The van der Waals surface area contributed by atoms with E-state index < -0.39 is 5.41 Å². The summed E-state index contributed by atoms with van der Waals surface area (Å²) in [6, 6.07) is 20.6. The van der Waals surface area contributed by atoms with Gasteiger partial charge in [0.05, 0.1) is 0 Å². The Morgan fingerprint density at radius 3 is 2.39 bits per heavy atom. The second kappa shape index (κ2) is 12.7. The maximum absolute atomic E-state index is 13.5. The molecule has 0 bridgehead atoms. The summed E-state index contributed by atoms with van der Waals surface area (Å²) in [5.41, 5.74) is 3.42. The standard InChI is InChI=1S/C33H43N7O/c1-32(2,3)24-40(27-12-8-7-9-13-27)30-26(22-35-29(21-34)37-30)23-36-31(41)33(4,5)20-25-11-10-14-28(19-25)39-17-15-38(6)16-18-39/h7-14,19,22H,15-18,20,23-24H2,1-6H3,(H,36,41). The summed E-state index contributed by atoms with van der Waals surface area (Å²) < 4.78 is 0. The van der Waals surface area contributed by atoms with E-state index in [4.69, 9.17) is 0 Å². The number of carbonyl (C=O) groups is 1. The molecule has 1 saturated heterocycles. The van der Waals surface area contributed by atoms with Gasteiger partial charge >= 0.3 is 0 Å². The number of hydrogen-bond donors (Lipinski definition) is 1. The molecule has 0 unspecified atom stereocenters. The Morgan fingerprint density at radius 1 is 1.02 bits per heavy atom. The van der Waals surface area contributed by atoms with Crippen molar-refractivity contribution >= 4 is 23.1 Å². The number of hydrogen-bond acceptors (Lipinski definition) is 7. The van der Waals surface area contributed by atoms with E-state index in [1.807, 2.05) is 44.2 Å². The zero-order valence-electron chi connectivity index (χ0n) is 25.3. The maximum atomic E-state index is 13.5. The highest BCUT2D eigenvalue weighted by Crippen LogP contribution is 2.31. The average Bonchev–Trinajstić information content (AvgIpc) is 2.95. The zero-order chi connectivity index (χ0) is 29.6. The molecule has 1 aliphatic rings. The maximum Gasteiger partial charge on any atom is 0.234 e. The number of carbonyl (C=O) groups excluding carboxylic acids is 1. The summed E-state index contributed by atoms with van der Waals surface area (Å²) in [6.45, 7) is 15.5. The van der Waals surface area contributed by atoms with Crippen LogP contribution in [-0.4, -0.2) is 60.5 Å². The molecule has 1 amide bonds. The van der Waals surface area contributed by atoms with Gasteiger partial charge in [0.2, 0.25) is 11.7 Å². The number of nitriles is 1. The van der Waals surface area contributed by atoms with Crippen LogP contribution in [0, 0.1) is 22.2 Å². The van der Waals surface area contributed by atoms with Crippen molar-refractivity contribution in [1.29, 1.82) is 5.26 Å². The number of rotatable bonds is 9. The van der Waals surface area contributed by atoms with Crippen LogP contribution in [0.15, 0.2) is 60.8 Å². The molecule has 8 heteroatoms. The van der Waals surface area contributed by atoms with Crippen LogP contribution in [0.3, 0.4) is 0 Å². The molecule has 1 N–H and O–H groups in total. The van der Waals surface area contributed by atoms with Gasteiger partial charge in [-0.1, -0.05) is 65.0 Å². The monoisotopic (exact) mass is 553 g/mol. The van der Waals surface area contributed by atoms with Crippen LogP contribution in [0.1, 0.15) is 51.6 Å². The average molecular weight is 554 g/mol. The smallest absolute Gasteiger partial charge is 0.234 e. The molecule has 4 rings (SSSR count). The summed E-state index contributed by atoms with van der Waals surface area (Å²) >= 11 is 0. The second-order valence-corrected chi connectivity index (χ2v) is 12.8. The highest BCUT2D eigenvalue weighted by Gasteiger charge is 2.29. The van der Waals surface area contributed by atoms with Crippen molar-refractivity contribution in [2.75, 3.05) is 49.6 Å². The van der Waals surface area contributed by atoms with Gasteiger partial charge in [0.1, 0.15) is 11.9 Å². The first kappa shape index (κ1) is 30.0. The summed E-state index contributed by atoms with van der Waals surface area (Å²) in [5, 5.41) is 12.7. The number of benzene rings is 2. The van der Waals surface area contributed by atoms with Crippen molar-refractivity contribution in [2.45, 2.75) is 47.6 Å². The van der Waals surface area contributed by atoms with E-state index in [1.54, 1.807) is 6.20 Å². The van der Waals surface area contributed by atoms with Crippen LogP contribution in [-0.2, 0) is 17.8 Å². The van der Waals surface area contributed by atoms with Gasteiger partial charge in [-0.25, -0.2) is 9.97 Å². The molecule has 216 valence electrons. The normalized spacial score (nSPS) is 14.4. The minimum Gasteiger partial charge on any atom is -0.369 e. The van der Waals surface area contributed by atoms with Gasteiger partial charge in [-0.15, -0.1) is 0 Å². The summed E-state index contributed by atoms with van der Waals surface area (Å²) in [4.78, 5) is 29.3. The molecule has 0 spiro atoms. The molecular formula is C33H43N7O. The highest BCUT2D eigenvalue weighted by atomic mass is 16.2. The Morgan fingerprint density at radius 2 is 1.73 bits per heavy atom. The number of anilines is 3. The van der Waals surface area contributed by atoms with E-state index in [2.05, 4.69) is 88.1 Å². The Hall–Kier alpha value is -3.96.